The molecule has 9 nitrogen and oxygen atoms in total. The summed E-state index contributed by atoms with van der Waals surface area (Å²) in [5.41, 5.74) is 11.8. The maximum absolute atomic E-state index is 15.4. The minimum Gasteiger partial charge on any atom is -0.467 e. The molecule has 5 fully saturated rings. The first-order valence-corrected chi connectivity index (χ1v) is 16.9. The van der Waals surface area contributed by atoms with Crippen molar-refractivity contribution < 1.29 is 22.7 Å². The summed E-state index contributed by atoms with van der Waals surface area (Å²) in [6.45, 7) is 13.4. The first-order valence-electron chi connectivity index (χ1n) is 16.9. The summed E-state index contributed by atoms with van der Waals surface area (Å²) >= 11 is 0. The summed E-state index contributed by atoms with van der Waals surface area (Å²) in [5, 5.41) is 3.59. The van der Waals surface area contributed by atoms with E-state index in [1.54, 1.807) is 0 Å². The van der Waals surface area contributed by atoms with Gasteiger partial charge in [-0.1, -0.05) is 47.5 Å². The van der Waals surface area contributed by atoms with Gasteiger partial charge in [-0.05, 0) is 63.6 Å². The van der Waals surface area contributed by atoms with Gasteiger partial charge >= 0.3 is 6.01 Å². The average molecular weight is 660 g/mol. The lowest BCUT2D eigenvalue weighted by molar-refractivity contribution is 0.102. The van der Waals surface area contributed by atoms with Crippen LogP contribution in [0.1, 0.15) is 101 Å². The van der Waals surface area contributed by atoms with Crippen molar-refractivity contribution in [1.82, 2.24) is 25.2 Å². The van der Waals surface area contributed by atoms with Gasteiger partial charge in [-0.3, -0.25) is 9.69 Å². The molecule has 12 heteroatoms. The quantitative estimate of drug-likeness (QED) is 0.196. The number of nitrogen functional groups attached to an aromatic ring is 2. The molecular formula is C35H52F3N7O2. The number of carbonyl (C=O) groups is 1. The molecule has 2 atom stereocenters. The fourth-order valence-corrected chi connectivity index (χ4v) is 6.05. The molecule has 0 amide bonds. The molecule has 8 rings (SSSR count). The number of nitrogens with one attached hydrogen (secondary N) is 1. The third kappa shape index (κ3) is 8.70. The second kappa shape index (κ2) is 17.6. The number of aryl methyl sites for hydroxylation is 1. The molecule has 260 valence electrons. The zero-order valence-electron chi connectivity index (χ0n) is 28.9. The molecule has 5 aliphatic rings. The minimum atomic E-state index is -0.823. The average Bonchev–Trinajstić information content (AvgIpc) is 3.58. The van der Waals surface area contributed by atoms with Gasteiger partial charge in [0.05, 0.1) is 23.9 Å². The van der Waals surface area contributed by atoms with Crippen molar-refractivity contribution >= 4 is 28.7 Å². The van der Waals surface area contributed by atoms with Crippen LogP contribution in [0.15, 0.2) is 6.07 Å². The second-order valence-corrected chi connectivity index (χ2v) is 12.1. The van der Waals surface area contributed by atoms with Gasteiger partial charge in [0.1, 0.15) is 29.0 Å². The number of nitrogens with two attached hydrogens (primary N) is 2. The standard InChI is InChI=1S/C19H19F2N5O2.C7H12FN.C4H7N.C3H8.C2H6/c1-4-5-12-13-17(25-19(28-3)26-18(13)23)15(21)16(24-12)9-6-11(22)14(20)8(2)10(9)7-27;8-6-4-7-2-1-3-9(7)5-6;1-3-2-4(1)5-3;1-3-2;1-2/h6-7H,4-5,22H2,1-3H3,(H2,23,25,26);6-7H,1-5H2;3-5H,1-2H2;3H2,1-2H3;1-2H3. The number of ether oxygens (including phenoxy) is 1. The Morgan fingerprint density at radius 3 is 2.19 bits per heavy atom. The van der Waals surface area contributed by atoms with Crippen LogP contribution < -0.4 is 21.5 Å². The van der Waals surface area contributed by atoms with E-state index in [4.69, 9.17) is 16.2 Å². The van der Waals surface area contributed by atoms with E-state index in [2.05, 4.69) is 39.0 Å². The summed E-state index contributed by atoms with van der Waals surface area (Å²) in [5.74, 6) is -1.52. The summed E-state index contributed by atoms with van der Waals surface area (Å²) in [7, 11) is 1.34. The number of fused-ring (bicyclic) bond motifs is 2. The lowest BCUT2D eigenvalue weighted by atomic mass is 9.76. The molecule has 1 saturated carbocycles. The van der Waals surface area contributed by atoms with Gasteiger partial charge in [0, 0.05) is 35.8 Å². The molecule has 5 N–H and O–H groups in total. The molecule has 1 aromatic carbocycles. The Bertz CT molecular complexity index is 1470. The van der Waals surface area contributed by atoms with Gasteiger partial charge in [0.2, 0.25) is 0 Å². The third-order valence-electron chi connectivity index (χ3n) is 8.56. The number of hydrogen-bond acceptors (Lipinski definition) is 9. The molecule has 2 unspecified atom stereocenters. The first kappa shape index (κ1) is 37.9. The molecule has 4 aliphatic heterocycles. The van der Waals surface area contributed by atoms with Crippen molar-refractivity contribution in [3.05, 3.63) is 34.5 Å². The van der Waals surface area contributed by atoms with E-state index in [0.717, 1.165) is 25.0 Å². The van der Waals surface area contributed by atoms with Crippen LogP contribution in [-0.4, -0.2) is 70.6 Å². The van der Waals surface area contributed by atoms with Gasteiger partial charge in [0.25, 0.3) is 0 Å². The Kier molecular flexibility index (Phi) is 14.2. The number of benzene rings is 1. The van der Waals surface area contributed by atoms with Gasteiger partial charge in [0.15, 0.2) is 12.1 Å². The number of hydrogen-bond donors (Lipinski definition) is 3. The van der Waals surface area contributed by atoms with Crippen LogP contribution in [0.4, 0.5) is 24.7 Å². The van der Waals surface area contributed by atoms with E-state index in [9.17, 15) is 13.6 Å². The minimum absolute atomic E-state index is 0.0168. The number of carbonyl (C=O) groups excluding carboxylic acids is 1. The topological polar surface area (TPSA) is 132 Å². The zero-order valence-corrected chi connectivity index (χ0v) is 28.9. The van der Waals surface area contributed by atoms with Gasteiger partial charge < -0.3 is 21.5 Å². The van der Waals surface area contributed by atoms with E-state index in [0.29, 0.717) is 37.4 Å². The number of aldehydes is 1. The number of alkyl halides is 1. The van der Waals surface area contributed by atoms with E-state index >= 15 is 4.39 Å². The highest BCUT2D eigenvalue weighted by molar-refractivity contribution is 5.96. The van der Waals surface area contributed by atoms with Crippen LogP contribution in [0, 0.1) is 18.6 Å². The maximum Gasteiger partial charge on any atom is 0.318 e. The molecule has 1 aliphatic carbocycles. The predicted octanol–water partition coefficient (Wildman–Crippen LogP) is 6.97. The molecule has 6 heterocycles. The molecule has 0 radical (unpaired) electrons. The Morgan fingerprint density at radius 1 is 1.06 bits per heavy atom. The van der Waals surface area contributed by atoms with Crippen molar-refractivity contribution in [2.75, 3.05) is 31.7 Å². The lowest BCUT2D eigenvalue weighted by Gasteiger charge is -2.51. The molecule has 3 aromatic rings. The first-order chi connectivity index (χ1) is 22.6. The lowest BCUT2D eigenvalue weighted by Crippen LogP contribution is -2.66. The van der Waals surface area contributed by atoms with Crippen LogP contribution in [0.25, 0.3) is 22.2 Å². The summed E-state index contributed by atoms with van der Waals surface area (Å²) in [4.78, 5) is 26.3. The summed E-state index contributed by atoms with van der Waals surface area (Å²) in [6, 6.07) is 3.62. The van der Waals surface area contributed by atoms with Crippen LogP contribution in [0.2, 0.25) is 0 Å². The highest BCUT2D eigenvalue weighted by Gasteiger charge is 2.40. The highest BCUT2D eigenvalue weighted by atomic mass is 19.1. The van der Waals surface area contributed by atoms with Crippen LogP contribution >= 0.6 is 0 Å². The van der Waals surface area contributed by atoms with Crippen molar-refractivity contribution in [3.63, 3.8) is 0 Å². The number of halogens is 3. The summed E-state index contributed by atoms with van der Waals surface area (Å²) < 4.78 is 47.2. The van der Waals surface area contributed by atoms with Crippen molar-refractivity contribution in [1.29, 1.82) is 0 Å². The van der Waals surface area contributed by atoms with Crippen LogP contribution in [-0.2, 0) is 6.42 Å². The monoisotopic (exact) mass is 659 g/mol. The molecule has 47 heavy (non-hydrogen) atoms. The van der Waals surface area contributed by atoms with Crippen molar-refractivity contribution in [2.45, 2.75) is 117 Å². The Hall–Kier alpha value is -3.51. The van der Waals surface area contributed by atoms with Crippen molar-refractivity contribution in [2.24, 2.45) is 0 Å². The Balaban J connectivity index is 0.000000251. The van der Waals surface area contributed by atoms with E-state index in [1.807, 2.05) is 20.8 Å². The second-order valence-electron chi connectivity index (χ2n) is 12.1. The van der Waals surface area contributed by atoms with E-state index in [-0.39, 0.29) is 50.8 Å². The van der Waals surface area contributed by atoms with Gasteiger partial charge in [-0.15, -0.1) is 0 Å². The number of aromatic nitrogens is 3. The number of pyridine rings is 1. The molecule has 4 saturated heterocycles. The van der Waals surface area contributed by atoms with E-state index in [1.165, 1.54) is 52.2 Å². The molecular weight excluding hydrogens is 607 g/mol. The van der Waals surface area contributed by atoms with Crippen LogP contribution in [0.3, 0.4) is 0 Å². The highest BCUT2D eigenvalue weighted by Crippen LogP contribution is 2.36. The number of methoxy groups -OCH3 is 1. The normalized spacial score (nSPS) is 21.6. The van der Waals surface area contributed by atoms with Gasteiger partial charge in [-0.25, -0.2) is 18.2 Å². The van der Waals surface area contributed by atoms with E-state index < -0.39 is 17.8 Å². The third-order valence-corrected chi connectivity index (χ3v) is 8.56. The Morgan fingerprint density at radius 2 is 1.68 bits per heavy atom. The number of nitrogens with zero attached hydrogens (tertiary/aromatic N) is 4. The molecule has 2 bridgehead atoms. The Labute approximate surface area is 277 Å². The largest absolute Gasteiger partial charge is 0.467 e. The smallest absolute Gasteiger partial charge is 0.318 e. The zero-order chi connectivity index (χ0) is 34.8. The fraction of sp³-hybridized carbons (Fsp3) is 0.600. The number of rotatable bonds is 5. The molecule has 0 spiro atoms. The summed E-state index contributed by atoms with van der Waals surface area (Å²) in [6.07, 6.45) is 8.62. The molecule has 2 aromatic heterocycles. The van der Waals surface area contributed by atoms with Crippen molar-refractivity contribution in [3.8, 4) is 17.3 Å². The predicted molar refractivity (Wildman–Crippen MR) is 184 cm³/mol. The maximum atomic E-state index is 15.4. The van der Waals surface area contributed by atoms with Crippen LogP contribution in [0.5, 0.6) is 6.01 Å². The fourth-order valence-electron chi connectivity index (χ4n) is 6.05. The number of anilines is 2. The van der Waals surface area contributed by atoms with Gasteiger partial charge in [-0.2, -0.15) is 9.97 Å². The SMILES string of the molecule is C1C2CC1N2.CC.CCC.CCCc1nc(-c2cc(N)c(F)c(C)c2C=O)c(F)c2nc(OC)nc(N)c12.FC1CC2CCCN2C1.